The fourth-order valence-corrected chi connectivity index (χ4v) is 2.60. The van der Waals surface area contributed by atoms with E-state index < -0.39 is 27.8 Å². The number of hydrogen-bond donors (Lipinski definition) is 1. The Labute approximate surface area is 118 Å². The molecule has 0 heterocycles. The summed E-state index contributed by atoms with van der Waals surface area (Å²) < 4.78 is 30.6. The Morgan fingerprint density at radius 3 is 2.30 bits per heavy atom. The van der Waals surface area contributed by atoms with Crippen molar-refractivity contribution >= 4 is 21.9 Å². The van der Waals surface area contributed by atoms with Gasteiger partial charge in [0.1, 0.15) is 5.92 Å². The fourth-order valence-electron chi connectivity index (χ4n) is 1.56. The first-order valence-corrected chi connectivity index (χ1v) is 7.69. The van der Waals surface area contributed by atoms with Gasteiger partial charge in [0.15, 0.2) is 0 Å². The highest BCUT2D eigenvalue weighted by Gasteiger charge is 2.29. The molecule has 7 heteroatoms. The van der Waals surface area contributed by atoms with Crippen LogP contribution < -0.4 is 4.72 Å². The summed E-state index contributed by atoms with van der Waals surface area (Å²) in [5.41, 5.74) is 0. The summed E-state index contributed by atoms with van der Waals surface area (Å²) in [6.45, 7) is 3.35. The minimum absolute atomic E-state index is 0.0351. The van der Waals surface area contributed by atoms with Crippen molar-refractivity contribution < 1.29 is 22.7 Å². The minimum atomic E-state index is -3.97. The van der Waals surface area contributed by atoms with Gasteiger partial charge in [0.05, 0.1) is 11.5 Å². The van der Waals surface area contributed by atoms with Crippen molar-refractivity contribution in [1.82, 2.24) is 4.72 Å². The van der Waals surface area contributed by atoms with Crippen molar-refractivity contribution in [3.05, 3.63) is 30.3 Å². The molecule has 110 valence electrons. The summed E-state index contributed by atoms with van der Waals surface area (Å²) in [4.78, 5) is 23.4. The molecule has 1 atom stereocenters. The Bertz CT molecular complexity index is 568. The number of carbonyl (C=O) groups is 2. The predicted molar refractivity (Wildman–Crippen MR) is 72.2 cm³/mol. The maximum absolute atomic E-state index is 12.0. The van der Waals surface area contributed by atoms with E-state index in [-0.39, 0.29) is 17.9 Å². The number of benzene rings is 1. The van der Waals surface area contributed by atoms with Crippen LogP contribution in [0.2, 0.25) is 0 Å². The van der Waals surface area contributed by atoms with Gasteiger partial charge >= 0.3 is 5.97 Å². The second-order valence-electron chi connectivity index (χ2n) is 4.00. The van der Waals surface area contributed by atoms with E-state index >= 15 is 0 Å². The Morgan fingerprint density at radius 2 is 1.80 bits per heavy atom. The molecular formula is C13H17NO5S. The van der Waals surface area contributed by atoms with Gasteiger partial charge in [-0.15, -0.1) is 0 Å². The minimum Gasteiger partial charge on any atom is -0.465 e. The van der Waals surface area contributed by atoms with Crippen LogP contribution in [0, 0.1) is 5.92 Å². The van der Waals surface area contributed by atoms with Crippen LogP contribution in [0.5, 0.6) is 0 Å². The Hall–Kier alpha value is -1.89. The van der Waals surface area contributed by atoms with Crippen molar-refractivity contribution in [3.63, 3.8) is 0 Å². The van der Waals surface area contributed by atoms with Crippen molar-refractivity contribution in [2.24, 2.45) is 5.92 Å². The van der Waals surface area contributed by atoms with Gasteiger partial charge in [0, 0.05) is 0 Å². The molecule has 1 N–H and O–H groups in total. The summed E-state index contributed by atoms with van der Waals surface area (Å²) >= 11 is 0. The molecule has 1 aromatic rings. The van der Waals surface area contributed by atoms with E-state index in [1.165, 1.54) is 12.1 Å². The van der Waals surface area contributed by atoms with Crippen LogP contribution in [-0.4, -0.2) is 26.9 Å². The molecular weight excluding hydrogens is 282 g/mol. The highest BCUT2D eigenvalue weighted by Crippen LogP contribution is 2.11. The van der Waals surface area contributed by atoms with E-state index in [9.17, 15) is 18.0 Å². The number of sulfonamides is 1. The number of rotatable bonds is 6. The van der Waals surface area contributed by atoms with E-state index in [1.54, 1.807) is 32.0 Å². The molecule has 0 saturated heterocycles. The number of carbonyl (C=O) groups excluding carboxylic acids is 2. The normalized spacial score (nSPS) is 12.5. The van der Waals surface area contributed by atoms with Gasteiger partial charge in [-0.2, -0.15) is 0 Å². The van der Waals surface area contributed by atoms with Gasteiger partial charge in [0.2, 0.25) is 5.91 Å². The number of esters is 1. The Kier molecular flexibility index (Phi) is 5.69. The molecule has 1 rings (SSSR count). The molecule has 0 saturated carbocycles. The van der Waals surface area contributed by atoms with Crippen LogP contribution in [0.4, 0.5) is 0 Å². The lowest BCUT2D eigenvalue weighted by molar-refractivity contribution is -0.151. The van der Waals surface area contributed by atoms with E-state index in [4.69, 9.17) is 4.74 Å². The Morgan fingerprint density at radius 1 is 1.20 bits per heavy atom. The second kappa shape index (κ2) is 7.04. The van der Waals surface area contributed by atoms with Crippen LogP contribution in [-0.2, 0) is 24.3 Å². The van der Waals surface area contributed by atoms with Gasteiger partial charge < -0.3 is 4.74 Å². The number of hydrogen-bond acceptors (Lipinski definition) is 5. The smallest absolute Gasteiger partial charge is 0.318 e. The van der Waals surface area contributed by atoms with Crippen molar-refractivity contribution in [2.45, 2.75) is 25.2 Å². The van der Waals surface area contributed by atoms with Crippen molar-refractivity contribution in [3.8, 4) is 0 Å². The van der Waals surface area contributed by atoms with E-state index in [1.807, 2.05) is 4.72 Å². The second-order valence-corrected chi connectivity index (χ2v) is 5.68. The van der Waals surface area contributed by atoms with Gasteiger partial charge in [-0.3, -0.25) is 9.59 Å². The van der Waals surface area contributed by atoms with Gasteiger partial charge in [-0.25, -0.2) is 13.1 Å². The Balaban J connectivity index is 2.86. The summed E-state index contributed by atoms with van der Waals surface area (Å²) in [6, 6.07) is 7.47. The third-order valence-corrected chi connectivity index (χ3v) is 3.95. The molecule has 1 unspecified atom stereocenters. The predicted octanol–water partition coefficient (Wildman–Crippen LogP) is 1.08. The molecule has 0 fully saturated rings. The largest absolute Gasteiger partial charge is 0.465 e. The summed E-state index contributed by atoms with van der Waals surface area (Å²) in [6.07, 6.45) is 0.162. The lowest BCUT2D eigenvalue weighted by atomic mass is 10.1. The lowest BCUT2D eigenvalue weighted by Crippen LogP contribution is -2.39. The molecule has 1 amide bonds. The standard InChI is InChI=1S/C13H17NO5S/c1-3-11(13(16)19-4-2)12(15)14-20(17,18)10-8-6-5-7-9-10/h5-9,11H,3-4H2,1-2H3,(H,14,15). The lowest BCUT2D eigenvalue weighted by Gasteiger charge is -2.13. The van der Waals surface area contributed by atoms with Crippen LogP contribution >= 0.6 is 0 Å². The van der Waals surface area contributed by atoms with Gasteiger partial charge in [-0.05, 0) is 25.5 Å². The van der Waals surface area contributed by atoms with Crippen LogP contribution in [0.1, 0.15) is 20.3 Å². The monoisotopic (exact) mass is 299 g/mol. The first-order valence-electron chi connectivity index (χ1n) is 6.20. The average molecular weight is 299 g/mol. The molecule has 20 heavy (non-hydrogen) atoms. The van der Waals surface area contributed by atoms with E-state index in [0.717, 1.165) is 0 Å². The molecule has 6 nitrogen and oxygen atoms in total. The van der Waals surface area contributed by atoms with E-state index in [2.05, 4.69) is 0 Å². The zero-order chi connectivity index (χ0) is 15.2. The average Bonchev–Trinajstić information content (AvgIpc) is 2.40. The third kappa shape index (κ3) is 4.06. The fraction of sp³-hybridized carbons (Fsp3) is 0.385. The highest BCUT2D eigenvalue weighted by atomic mass is 32.2. The third-order valence-electron chi connectivity index (χ3n) is 2.58. The van der Waals surface area contributed by atoms with Gasteiger partial charge in [-0.1, -0.05) is 25.1 Å². The topological polar surface area (TPSA) is 89.5 Å². The van der Waals surface area contributed by atoms with Crippen LogP contribution in [0.25, 0.3) is 0 Å². The number of nitrogens with one attached hydrogen (secondary N) is 1. The maximum atomic E-state index is 12.0. The van der Waals surface area contributed by atoms with Crippen LogP contribution in [0.3, 0.4) is 0 Å². The molecule has 1 aromatic carbocycles. The van der Waals surface area contributed by atoms with Crippen molar-refractivity contribution in [1.29, 1.82) is 0 Å². The summed E-state index contributed by atoms with van der Waals surface area (Å²) in [5, 5.41) is 0. The number of ether oxygens (including phenoxy) is 1. The summed E-state index contributed by atoms with van der Waals surface area (Å²) in [7, 11) is -3.97. The quantitative estimate of drug-likeness (QED) is 0.627. The van der Waals surface area contributed by atoms with Crippen LogP contribution in [0.15, 0.2) is 35.2 Å². The van der Waals surface area contributed by atoms with Gasteiger partial charge in [0.25, 0.3) is 10.0 Å². The molecule has 0 bridgehead atoms. The zero-order valence-electron chi connectivity index (χ0n) is 11.3. The maximum Gasteiger partial charge on any atom is 0.318 e. The first-order chi connectivity index (χ1) is 9.42. The van der Waals surface area contributed by atoms with Crippen molar-refractivity contribution in [2.75, 3.05) is 6.61 Å². The number of amides is 1. The molecule has 0 aliphatic heterocycles. The first kappa shape index (κ1) is 16.2. The summed E-state index contributed by atoms with van der Waals surface area (Å²) in [5.74, 6) is -2.74. The molecule has 0 aliphatic carbocycles. The molecule has 0 aliphatic rings. The molecule has 0 spiro atoms. The molecule has 0 radical (unpaired) electrons. The SMILES string of the molecule is CCOC(=O)C(CC)C(=O)NS(=O)(=O)c1ccccc1. The van der Waals surface area contributed by atoms with E-state index in [0.29, 0.717) is 0 Å². The zero-order valence-corrected chi connectivity index (χ0v) is 12.1. The highest BCUT2D eigenvalue weighted by molar-refractivity contribution is 7.90. The molecule has 0 aromatic heterocycles.